The molecule has 0 atom stereocenters. The van der Waals surface area contributed by atoms with Gasteiger partial charge in [-0.05, 0) is 13.0 Å². The van der Waals surface area contributed by atoms with Gasteiger partial charge in [-0.25, -0.2) is 0 Å². The molecule has 0 fully saturated rings. The van der Waals surface area contributed by atoms with E-state index < -0.39 is 0 Å². The van der Waals surface area contributed by atoms with Crippen LogP contribution < -0.4 is 5.32 Å². The van der Waals surface area contributed by atoms with Gasteiger partial charge in [-0.3, -0.25) is 0 Å². The zero-order chi connectivity index (χ0) is 9.68. The first-order valence-electron chi connectivity index (χ1n) is 4.34. The molecule has 2 heteroatoms. The molecule has 0 heterocycles. The smallest absolute Gasteiger partial charge is 0.120 e. The van der Waals surface area contributed by atoms with E-state index in [1.807, 2.05) is 19.1 Å². The summed E-state index contributed by atoms with van der Waals surface area (Å²) in [5, 5.41) is 12.6. The summed E-state index contributed by atoms with van der Waals surface area (Å²) in [4.78, 5) is 0. The second-order valence-corrected chi connectivity index (χ2v) is 3.05. The van der Waals surface area contributed by atoms with Crippen LogP contribution >= 0.6 is 0 Å². The Labute approximate surface area is 78.9 Å². The minimum Gasteiger partial charge on any atom is -0.508 e. The van der Waals surface area contributed by atoms with E-state index in [0.717, 1.165) is 17.7 Å². The van der Waals surface area contributed by atoms with E-state index in [1.165, 1.54) is 0 Å². The zero-order valence-electron chi connectivity index (χ0n) is 7.88. The highest BCUT2D eigenvalue weighted by molar-refractivity contribution is 5.35. The maximum atomic E-state index is 9.47. The lowest BCUT2D eigenvalue weighted by Crippen LogP contribution is -2.12. The largest absolute Gasteiger partial charge is 0.508 e. The Balaban J connectivity index is 2.64. The molecule has 0 bridgehead atoms. The van der Waals surface area contributed by atoms with Crippen LogP contribution in [0.15, 0.2) is 30.9 Å². The second-order valence-electron chi connectivity index (χ2n) is 3.05. The number of phenols is 1. The van der Waals surface area contributed by atoms with Crippen LogP contribution in [0.2, 0.25) is 0 Å². The van der Waals surface area contributed by atoms with Crippen molar-refractivity contribution in [2.45, 2.75) is 13.5 Å². The molecular weight excluding hydrogens is 162 g/mol. The Bertz CT molecular complexity index is 294. The lowest BCUT2D eigenvalue weighted by atomic mass is 10.1. The van der Waals surface area contributed by atoms with Crippen molar-refractivity contribution in [2.75, 3.05) is 6.54 Å². The van der Waals surface area contributed by atoms with E-state index in [0.29, 0.717) is 12.3 Å². The Morgan fingerprint density at radius 1 is 1.54 bits per heavy atom. The Morgan fingerprint density at radius 2 is 2.31 bits per heavy atom. The van der Waals surface area contributed by atoms with Gasteiger partial charge in [0.25, 0.3) is 0 Å². The number of hydrogen-bond acceptors (Lipinski definition) is 2. The van der Waals surface area contributed by atoms with E-state index in [-0.39, 0.29) is 0 Å². The van der Waals surface area contributed by atoms with Gasteiger partial charge in [0.1, 0.15) is 5.75 Å². The number of nitrogens with one attached hydrogen (secondary N) is 1. The van der Waals surface area contributed by atoms with Crippen LogP contribution in [0.3, 0.4) is 0 Å². The van der Waals surface area contributed by atoms with E-state index in [2.05, 4.69) is 11.9 Å². The molecule has 2 N–H and O–H groups in total. The first kappa shape index (κ1) is 9.81. The molecule has 70 valence electrons. The normalized spacial score (nSPS) is 9.92. The van der Waals surface area contributed by atoms with E-state index in [4.69, 9.17) is 0 Å². The number of rotatable bonds is 4. The molecule has 0 radical (unpaired) electrons. The van der Waals surface area contributed by atoms with Crippen LogP contribution in [0.4, 0.5) is 0 Å². The molecule has 0 aliphatic rings. The fourth-order valence-corrected chi connectivity index (χ4v) is 1.16. The van der Waals surface area contributed by atoms with Crippen molar-refractivity contribution in [3.05, 3.63) is 42.0 Å². The predicted molar refractivity (Wildman–Crippen MR) is 54.7 cm³/mol. The van der Waals surface area contributed by atoms with Gasteiger partial charge < -0.3 is 10.4 Å². The number of hydrogen-bond donors (Lipinski definition) is 2. The van der Waals surface area contributed by atoms with Crippen LogP contribution in [0.25, 0.3) is 0 Å². The fraction of sp³-hybridized carbons (Fsp3) is 0.273. The fourth-order valence-electron chi connectivity index (χ4n) is 1.16. The molecule has 0 amide bonds. The second kappa shape index (κ2) is 4.67. The Morgan fingerprint density at radius 3 is 3.00 bits per heavy atom. The van der Waals surface area contributed by atoms with Crippen LogP contribution in [-0.4, -0.2) is 11.7 Å². The molecule has 0 saturated heterocycles. The third-order valence-corrected chi connectivity index (χ3v) is 1.84. The number of phenolic OH excluding ortho intramolecular Hbond substituents is 1. The zero-order valence-corrected chi connectivity index (χ0v) is 7.88. The first-order chi connectivity index (χ1) is 6.24. The summed E-state index contributed by atoms with van der Waals surface area (Å²) < 4.78 is 0. The highest BCUT2D eigenvalue weighted by Crippen LogP contribution is 2.17. The number of aryl methyl sites for hydroxylation is 1. The molecular formula is C11H15NO. The first-order valence-corrected chi connectivity index (χ1v) is 4.34. The van der Waals surface area contributed by atoms with Crippen molar-refractivity contribution in [1.29, 1.82) is 0 Å². The summed E-state index contributed by atoms with van der Waals surface area (Å²) in [6, 6.07) is 5.60. The Hall–Kier alpha value is -1.28. The van der Waals surface area contributed by atoms with Crippen molar-refractivity contribution < 1.29 is 5.11 Å². The SMILES string of the molecule is C=CCNCc1cc(C)ccc1O. The van der Waals surface area contributed by atoms with E-state index >= 15 is 0 Å². The number of aromatic hydroxyl groups is 1. The van der Waals surface area contributed by atoms with Gasteiger partial charge in [-0.15, -0.1) is 6.58 Å². The Kier molecular flexibility index (Phi) is 3.53. The standard InChI is InChI=1S/C11H15NO/c1-3-6-12-8-10-7-9(2)4-5-11(10)13/h3-5,7,12-13H,1,6,8H2,2H3. The van der Waals surface area contributed by atoms with Gasteiger partial charge in [0, 0.05) is 18.7 Å². The van der Waals surface area contributed by atoms with Crippen molar-refractivity contribution in [3.8, 4) is 5.75 Å². The molecule has 0 aliphatic carbocycles. The summed E-state index contributed by atoms with van der Waals surface area (Å²) in [5.41, 5.74) is 2.09. The van der Waals surface area contributed by atoms with Gasteiger partial charge >= 0.3 is 0 Å². The van der Waals surface area contributed by atoms with Gasteiger partial charge in [0.05, 0.1) is 0 Å². The average molecular weight is 177 g/mol. The van der Waals surface area contributed by atoms with Crippen LogP contribution in [0.1, 0.15) is 11.1 Å². The van der Waals surface area contributed by atoms with Gasteiger partial charge in [0.2, 0.25) is 0 Å². The van der Waals surface area contributed by atoms with Crippen molar-refractivity contribution >= 4 is 0 Å². The van der Waals surface area contributed by atoms with Gasteiger partial charge in [-0.2, -0.15) is 0 Å². The van der Waals surface area contributed by atoms with Crippen molar-refractivity contribution in [1.82, 2.24) is 5.32 Å². The summed E-state index contributed by atoms with van der Waals surface area (Å²) in [5.74, 6) is 0.349. The molecule has 1 rings (SSSR count). The summed E-state index contributed by atoms with van der Waals surface area (Å²) >= 11 is 0. The lowest BCUT2D eigenvalue weighted by molar-refractivity contribution is 0.465. The summed E-state index contributed by atoms with van der Waals surface area (Å²) in [6.45, 7) is 7.05. The van der Waals surface area contributed by atoms with E-state index in [9.17, 15) is 5.11 Å². The van der Waals surface area contributed by atoms with Crippen LogP contribution in [0, 0.1) is 6.92 Å². The van der Waals surface area contributed by atoms with Crippen molar-refractivity contribution in [2.24, 2.45) is 0 Å². The lowest BCUT2D eigenvalue weighted by Gasteiger charge is -2.05. The highest BCUT2D eigenvalue weighted by Gasteiger charge is 1.99. The number of benzene rings is 1. The minimum absolute atomic E-state index is 0.349. The maximum Gasteiger partial charge on any atom is 0.120 e. The molecule has 0 aliphatic heterocycles. The topological polar surface area (TPSA) is 32.3 Å². The van der Waals surface area contributed by atoms with E-state index in [1.54, 1.807) is 12.1 Å². The molecule has 1 aromatic carbocycles. The van der Waals surface area contributed by atoms with Crippen LogP contribution in [-0.2, 0) is 6.54 Å². The average Bonchev–Trinajstić information content (AvgIpc) is 2.11. The summed E-state index contributed by atoms with van der Waals surface area (Å²) in [7, 11) is 0. The minimum atomic E-state index is 0.349. The quantitative estimate of drug-likeness (QED) is 0.544. The third kappa shape index (κ3) is 2.92. The summed E-state index contributed by atoms with van der Waals surface area (Å²) in [6.07, 6.45) is 1.80. The highest BCUT2D eigenvalue weighted by atomic mass is 16.3. The monoisotopic (exact) mass is 177 g/mol. The van der Waals surface area contributed by atoms with Crippen molar-refractivity contribution in [3.63, 3.8) is 0 Å². The maximum absolute atomic E-state index is 9.47. The molecule has 0 aromatic heterocycles. The molecule has 0 spiro atoms. The molecule has 13 heavy (non-hydrogen) atoms. The molecule has 0 saturated carbocycles. The molecule has 2 nitrogen and oxygen atoms in total. The molecule has 1 aromatic rings. The predicted octanol–water partition coefficient (Wildman–Crippen LogP) is 1.98. The van der Waals surface area contributed by atoms with Crippen LogP contribution in [0.5, 0.6) is 5.75 Å². The van der Waals surface area contributed by atoms with Gasteiger partial charge in [-0.1, -0.05) is 23.8 Å². The third-order valence-electron chi connectivity index (χ3n) is 1.84. The molecule has 0 unspecified atom stereocenters. The van der Waals surface area contributed by atoms with Gasteiger partial charge in [0.15, 0.2) is 0 Å².